The van der Waals surface area contributed by atoms with E-state index in [0.29, 0.717) is 17.2 Å². The second kappa shape index (κ2) is 8.48. The zero-order chi connectivity index (χ0) is 22.8. The zero-order valence-electron chi connectivity index (χ0n) is 17.3. The van der Waals surface area contributed by atoms with E-state index < -0.39 is 20.5 Å². The van der Waals surface area contributed by atoms with Crippen LogP contribution in [0, 0.1) is 6.92 Å². The number of sulfone groups is 1. The highest BCUT2D eigenvalue weighted by molar-refractivity contribution is 7.92. The maximum Gasteiger partial charge on any atom is 0.264 e. The Balaban J connectivity index is 1.80. The van der Waals surface area contributed by atoms with E-state index in [9.17, 15) is 18.0 Å². The minimum Gasteiger partial charge on any atom is -0.441 e. The molecule has 2 heterocycles. The van der Waals surface area contributed by atoms with Crippen LogP contribution >= 0.6 is 0 Å². The van der Waals surface area contributed by atoms with E-state index in [1.54, 1.807) is 18.5 Å². The smallest absolute Gasteiger partial charge is 0.264 e. The minimum atomic E-state index is -3.84. The normalized spacial score (nSPS) is 13.5. The van der Waals surface area contributed by atoms with Crippen molar-refractivity contribution in [2.45, 2.75) is 31.6 Å². The molecule has 1 atom stereocenters. The topological polar surface area (TPSA) is 132 Å². The highest BCUT2D eigenvalue weighted by Crippen LogP contribution is 2.25. The van der Waals surface area contributed by atoms with E-state index in [1.807, 2.05) is 31.2 Å². The van der Waals surface area contributed by atoms with Crippen molar-refractivity contribution in [2.75, 3.05) is 6.26 Å². The van der Waals surface area contributed by atoms with Gasteiger partial charge in [0, 0.05) is 30.6 Å². The molecule has 2 N–H and O–H groups in total. The fraction of sp³-hybridized carbons (Fsp3) is 0.286. The van der Waals surface area contributed by atoms with Crippen molar-refractivity contribution >= 4 is 15.7 Å². The summed E-state index contributed by atoms with van der Waals surface area (Å²) in [6.07, 6.45) is 3.92. The number of rotatable bonds is 7. The van der Waals surface area contributed by atoms with Crippen molar-refractivity contribution in [3.63, 3.8) is 0 Å². The van der Waals surface area contributed by atoms with Gasteiger partial charge in [0.25, 0.3) is 11.5 Å². The van der Waals surface area contributed by atoms with Gasteiger partial charge in [-0.15, -0.1) is 0 Å². The van der Waals surface area contributed by atoms with E-state index in [1.165, 1.54) is 23.0 Å². The second-order valence-electron chi connectivity index (χ2n) is 7.49. The van der Waals surface area contributed by atoms with E-state index in [0.717, 1.165) is 17.4 Å². The Morgan fingerprint density at radius 3 is 2.35 bits per heavy atom. The molecule has 31 heavy (non-hydrogen) atoms. The van der Waals surface area contributed by atoms with Gasteiger partial charge in [-0.2, -0.15) is 0 Å². The number of oxazole rings is 1. The molecule has 3 aromatic rings. The Kier molecular flexibility index (Phi) is 6.14. The molecule has 0 spiro atoms. The van der Waals surface area contributed by atoms with Gasteiger partial charge >= 0.3 is 0 Å². The van der Waals surface area contributed by atoms with Crippen molar-refractivity contribution < 1.29 is 22.8 Å². The average molecular weight is 445 g/mol. The van der Waals surface area contributed by atoms with Crippen molar-refractivity contribution in [3.05, 3.63) is 64.9 Å². The van der Waals surface area contributed by atoms with E-state index in [4.69, 9.17) is 9.62 Å². The molecular formula is C21H23N3O6S. The molecule has 0 aliphatic rings. The van der Waals surface area contributed by atoms with Gasteiger partial charge in [0.05, 0.1) is 6.20 Å². The third-order valence-electron chi connectivity index (χ3n) is 5.31. The SMILES string of the molecule is Cc1cnc(-c2ccc(-c3ccn(CC[C@](C)(C(=O)NO)S(C)(=O)=O)c(=O)c3)cc2)o1. The first-order valence-electron chi connectivity index (χ1n) is 9.43. The van der Waals surface area contributed by atoms with Crippen LogP contribution in [0.5, 0.6) is 0 Å². The minimum absolute atomic E-state index is 0.0153. The van der Waals surface area contributed by atoms with Gasteiger partial charge in [-0.05, 0) is 49.6 Å². The summed E-state index contributed by atoms with van der Waals surface area (Å²) >= 11 is 0. The lowest BCUT2D eigenvalue weighted by Gasteiger charge is -2.25. The Morgan fingerprint density at radius 1 is 1.19 bits per heavy atom. The van der Waals surface area contributed by atoms with Gasteiger partial charge in [0.1, 0.15) is 5.76 Å². The molecule has 164 valence electrons. The van der Waals surface area contributed by atoms with Gasteiger partial charge in [-0.25, -0.2) is 18.9 Å². The number of aromatic nitrogens is 2. The van der Waals surface area contributed by atoms with Crippen LogP contribution in [0.3, 0.4) is 0 Å². The summed E-state index contributed by atoms with van der Waals surface area (Å²) in [6.45, 7) is 3.01. The summed E-state index contributed by atoms with van der Waals surface area (Å²) in [5.41, 5.74) is 3.37. The highest BCUT2D eigenvalue weighted by atomic mass is 32.2. The zero-order valence-corrected chi connectivity index (χ0v) is 18.1. The first kappa shape index (κ1) is 22.4. The van der Waals surface area contributed by atoms with Crippen LogP contribution in [0.25, 0.3) is 22.6 Å². The third kappa shape index (κ3) is 4.59. The number of pyridine rings is 1. The molecule has 1 amide bonds. The number of hydrogen-bond donors (Lipinski definition) is 2. The van der Waals surface area contributed by atoms with Gasteiger partial charge < -0.3 is 8.98 Å². The Hall–Kier alpha value is -3.24. The van der Waals surface area contributed by atoms with Gasteiger partial charge in [0.2, 0.25) is 5.89 Å². The van der Waals surface area contributed by atoms with Crippen LogP contribution < -0.4 is 11.0 Å². The highest BCUT2D eigenvalue weighted by Gasteiger charge is 2.43. The lowest BCUT2D eigenvalue weighted by Crippen LogP contribution is -2.49. The first-order valence-corrected chi connectivity index (χ1v) is 11.3. The quantitative estimate of drug-likeness (QED) is 0.421. The van der Waals surface area contributed by atoms with E-state index in [-0.39, 0.29) is 18.5 Å². The summed E-state index contributed by atoms with van der Waals surface area (Å²) in [4.78, 5) is 28.7. The van der Waals surface area contributed by atoms with Crippen LogP contribution in [-0.4, -0.2) is 40.1 Å². The molecule has 1 aromatic carbocycles. The molecule has 0 fully saturated rings. The maximum atomic E-state index is 12.5. The molecule has 10 heteroatoms. The molecule has 3 rings (SSSR count). The molecule has 0 saturated heterocycles. The molecule has 2 aromatic heterocycles. The molecule has 0 aliphatic carbocycles. The van der Waals surface area contributed by atoms with Crippen LogP contribution in [0.4, 0.5) is 0 Å². The fourth-order valence-corrected chi connectivity index (χ4v) is 3.93. The summed E-state index contributed by atoms with van der Waals surface area (Å²) in [5, 5.41) is 8.90. The maximum absolute atomic E-state index is 12.5. The number of aryl methyl sites for hydroxylation is 2. The number of amides is 1. The largest absolute Gasteiger partial charge is 0.441 e. The number of carbonyl (C=O) groups is 1. The first-order chi connectivity index (χ1) is 14.5. The van der Waals surface area contributed by atoms with E-state index >= 15 is 0 Å². The Bertz CT molecular complexity index is 1260. The lowest BCUT2D eigenvalue weighted by atomic mass is 10.0. The molecule has 0 saturated carbocycles. The second-order valence-corrected chi connectivity index (χ2v) is 9.94. The van der Waals surface area contributed by atoms with Crippen molar-refractivity contribution in [1.82, 2.24) is 15.0 Å². The lowest BCUT2D eigenvalue weighted by molar-refractivity contribution is -0.131. The monoisotopic (exact) mass is 445 g/mol. The summed E-state index contributed by atoms with van der Waals surface area (Å²) in [7, 11) is -3.84. The summed E-state index contributed by atoms with van der Waals surface area (Å²) in [5.74, 6) is 0.187. The van der Waals surface area contributed by atoms with Crippen LogP contribution in [0.15, 0.2) is 58.0 Å². The third-order valence-corrected chi connectivity index (χ3v) is 7.34. The number of hydroxylamine groups is 1. The summed E-state index contributed by atoms with van der Waals surface area (Å²) < 4.78 is 29.1. The number of hydrogen-bond acceptors (Lipinski definition) is 7. The molecule has 9 nitrogen and oxygen atoms in total. The van der Waals surface area contributed by atoms with Crippen molar-refractivity contribution in [1.29, 1.82) is 0 Å². The number of benzene rings is 1. The molecular weight excluding hydrogens is 422 g/mol. The standard InChI is InChI=1S/C21H23N3O6S/c1-14-13-22-19(30-14)16-6-4-15(5-7-16)17-8-10-24(18(25)12-17)11-9-21(2,20(26)23-27)31(3,28)29/h4-8,10,12-13,27H,9,11H2,1-3H3,(H,23,26)/t21-/m1/s1. The number of nitrogens with zero attached hydrogens (tertiary/aromatic N) is 2. The Morgan fingerprint density at radius 2 is 1.84 bits per heavy atom. The van der Waals surface area contributed by atoms with Crippen LogP contribution in [0.1, 0.15) is 19.1 Å². The predicted molar refractivity (Wildman–Crippen MR) is 114 cm³/mol. The van der Waals surface area contributed by atoms with Crippen LogP contribution in [-0.2, 0) is 21.2 Å². The number of carbonyl (C=O) groups excluding carboxylic acids is 1. The van der Waals surface area contributed by atoms with Crippen LogP contribution in [0.2, 0.25) is 0 Å². The predicted octanol–water partition coefficient (Wildman–Crippen LogP) is 2.18. The van der Waals surface area contributed by atoms with Gasteiger partial charge in [-0.1, -0.05) is 12.1 Å². The summed E-state index contributed by atoms with van der Waals surface area (Å²) in [6, 6.07) is 10.6. The van der Waals surface area contributed by atoms with Gasteiger partial charge in [0.15, 0.2) is 14.6 Å². The van der Waals surface area contributed by atoms with Crippen molar-refractivity contribution in [2.24, 2.45) is 0 Å². The average Bonchev–Trinajstić information content (AvgIpc) is 3.17. The Labute approximate surface area is 179 Å². The van der Waals surface area contributed by atoms with E-state index in [2.05, 4.69) is 4.98 Å². The van der Waals surface area contributed by atoms with Crippen molar-refractivity contribution in [3.8, 4) is 22.6 Å². The molecule has 0 radical (unpaired) electrons. The number of nitrogens with one attached hydrogen (secondary N) is 1. The molecule has 0 bridgehead atoms. The fourth-order valence-electron chi connectivity index (χ4n) is 3.08. The molecule has 0 unspecified atom stereocenters. The van der Waals surface area contributed by atoms with Gasteiger partial charge in [-0.3, -0.25) is 14.8 Å². The molecule has 0 aliphatic heterocycles.